The molecule has 42 heavy (non-hydrogen) atoms. The standard InChI is InChI=1S/C34H50N4O3S/c1-23(2)27-11-12-30-32(20-27)42-33(35-30)21-28(19-25(4)39)34(41)36-29(26-9-7-6-8-10-26)13-14-31(40)24(3)22-38-17-15-37(5)16-18-38/h11-12,20,23,26,28-29H,3,6-10,13-19,21-22H2,1-2,4-5H3,(H,36,41)/t28-,29+/m0/s1. The molecule has 1 aliphatic heterocycles. The molecule has 2 heterocycles. The van der Waals surface area contributed by atoms with Crippen molar-refractivity contribution in [2.45, 2.75) is 90.5 Å². The van der Waals surface area contributed by atoms with Crippen LogP contribution < -0.4 is 5.32 Å². The molecule has 0 spiro atoms. The molecule has 1 saturated carbocycles. The lowest BCUT2D eigenvalue weighted by molar-refractivity contribution is -0.130. The Labute approximate surface area is 256 Å². The highest BCUT2D eigenvalue weighted by atomic mass is 32.1. The maximum absolute atomic E-state index is 13.8. The first-order chi connectivity index (χ1) is 20.1. The monoisotopic (exact) mass is 594 g/mol. The summed E-state index contributed by atoms with van der Waals surface area (Å²) in [6.07, 6.45) is 7.30. The van der Waals surface area contributed by atoms with Crippen LogP contribution in [-0.4, -0.2) is 78.1 Å². The number of piperazine rings is 1. The van der Waals surface area contributed by atoms with Crippen LogP contribution in [0.25, 0.3) is 10.2 Å². The number of amides is 1. The van der Waals surface area contributed by atoms with Crippen molar-refractivity contribution in [3.8, 4) is 0 Å². The van der Waals surface area contributed by atoms with Gasteiger partial charge in [-0.2, -0.15) is 0 Å². The Balaban J connectivity index is 1.41. The van der Waals surface area contributed by atoms with E-state index in [4.69, 9.17) is 4.98 Å². The molecule has 1 aliphatic carbocycles. The van der Waals surface area contributed by atoms with Crippen LogP contribution >= 0.6 is 11.3 Å². The van der Waals surface area contributed by atoms with E-state index in [9.17, 15) is 14.4 Å². The van der Waals surface area contributed by atoms with Crippen molar-refractivity contribution in [2.24, 2.45) is 11.8 Å². The fourth-order valence-electron chi connectivity index (χ4n) is 6.34. The van der Waals surface area contributed by atoms with Crippen LogP contribution in [0.4, 0.5) is 0 Å². The first-order valence-corrected chi connectivity index (χ1v) is 16.7. The summed E-state index contributed by atoms with van der Waals surface area (Å²) in [5.74, 6) is 0.329. The van der Waals surface area contributed by atoms with Gasteiger partial charge in [-0.25, -0.2) is 4.98 Å². The number of thiazole rings is 1. The third-order valence-corrected chi connectivity index (χ3v) is 10.1. The first kappa shape index (κ1) is 32.5. The SMILES string of the molecule is C=C(CN1CCN(C)CC1)C(=O)CC[C@@H](NC(=O)[C@@H](CC(C)=O)Cc1nc2ccc(C(C)C)cc2s1)C1CCCCC1. The summed E-state index contributed by atoms with van der Waals surface area (Å²) in [5.41, 5.74) is 2.88. The Morgan fingerprint density at radius 3 is 2.48 bits per heavy atom. The van der Waals surface area contributed by atoms with Crippen molar-refractivity contribution in [1.29, 1.82) is 0 Å². The maximum atomic E-state index is 13.8. The molecule has 7 nitrogen and oxygen atoms in total. The van der Waals surface area contributed by atoms with E-state index < -0.39 is 5.92 Å². The normalized spacial score (nSPS) is 18.7. The van der Waals surface area contributed by atoms with Gasteiger partial charge in [-0.1, -0.05) is 45.8 Å². The average Bonchev–Trinajstić information content (AvgIpc) is 3.37. The largest absolute Gasteiger partial charge is 0.353 e. The number of rotatable bonds is 14. The van der Waals surface area contributed by atoms with Gasteiger partial charge in [0.1, 0.15) is 5.78 Å². The minimum atomic E-state index is -0.471. The molecule has 2 aliphatic rings. The van der Waals surface area contributed by atoms with E-state index in [1.54, 1.807) is 18.3 Å². The second-order valence-corrected chi connectivity index (χ2v) is 14.1. The zero-order valence-corrected chi connectivity index (χ0v) is 26.9. The van der Waals surface area contributed by atoms with Crippen molar-refractivity contribution in [1.82, 2.24) is 20.1 Å². The number of carbonyl (C=O) groups excluding carboxylic acids is 3. The van der Waals surface area contributed by atoms with Gasteiger partial charge in [-0.05, 0) is 62.8 Å². The van der Waals surface area contributed by atoms with Crippen LogP contribution in [0.1, 0.15) is 88.6 Å². The molecular formula is C34H50N4O3S. The molecule has 1 aromatic heterocycles. The zero-order chi connectivity index (χ0) is 30.2. The summed E-state index contributed by atoms with van der Waals surface area (Å²) in [4.78, 5) is 48.5. The van der Waals surface area contributed by atoms with Crippen LogP contribution in [-0.2, 0) is 20.8 Å². The Morgan fingerprint density at radius 1 is 1.10 bits per heavy atom. The number of aromatic nitrogens is 1. The number of carbonyl (C=O) groups is 3. The lowest BCUT2D eigenvalue weighted by atomic mass is 9.81. The van der Waals surface area contributed by atoms with Gasteiger partial charge in [0.05, 0.1) is 21.1 Å². The van der Waals surface area contributed by atoms with Gasteiger partial charge in [-0.3, -0.25) is 14.5 Å². The smallest absolute Gasteiger partial charge is 0.224 e. The van der Waals surface area contributed by atoms with Gasteiger partial charge in [0.15, 0.2) is 5.78 Å². The molecule has 2 atom stereocenters. The fourth-order valence-corrected chi connectivity index (χ4v) is 7.44. The maximum Gasteiger partial charge on any atom is 0.224 e. The fraction of sp³-hybridized carbons (Fsp3) is 0.647. The zero-order valence-electron chi connectivity index (χ0n) is 26.1. The predicted octanol–water partition coefficient (Wildman–Crippen LogP) is 5.78. The molecule has 8 heteroatoms. The number of ketones is 2. The van der Waals surface area contributed by atoms with Crippen LogP contribution in [0.5, 0.6) is 0 Å². The Hall–Kier alpha value is -2.42. The average molecular weight is 595 g/mol. The number of nitrogens with zero attached hydrogens (tertiary/aromatic N) is 3. The molecule has 1 saturated heterocycles. The van der Waals surface area contributed by atoms with E-state index >= 15 is 0 Å². The quantitative estimate of drug-likeness (QED) is 0.280. The van der Waals surface area contributed by atoms with Crippen molar-refractivity contribution in [3.63, 3.8) is 0 Å². The van der Waals surface area contributed by atoms with E-state index in [2.05, 4.69) is 60.8 Å². The minimum absolute atomic E-state index is 0.00274. The molecule has 1 N–H and O–H groups in total. The molecule has 2 fully saturated rings. The second-order valence-electron chi connectivity index (χ2n) is 13.0. The Bertz CT molecular complexity index is 1240. The van der Waals surface area contributed by atoms with Gasteiger partial charge in [0, 0.05) is 63.6 Å². The number of fused-ring (bicyclic) bond motifs is 1. The summed E-state index contributed by atoms with van der Waals surface area (Å²) in [6, 6.07) is 6.29. The van der Waals surface area contributed by atoms with Crippen LogP contribution in [0, 0.1) is 11.8 Å². The van der Waals surface area contributed by atoms with E-state index in [0.717, 1.165) is 67.1 Å². The molecular weight excluding hydrogens is 544 g/mol. The minimum Gasteiger partial charge on any atom is -0.353 e. The molecule has 1 aromatic carbocycles. The van der Waals surface area contributed by atoms with Crippen LogP contribution in [0.3, 0.4) is 0 Å². The highest BCUT2D eigenvalue weighted by Gasteiger charge is 2.30. The van der Waals surface area contributed by atoms with Gasteiger partial charge in [0.2, 0.25) is 5.91 Å². The van der Waals surface area contributed by atoms with Gasteiger partial charge in [0.25, 0.3) is 0 Å². The van der Waals surface area contributed by atoms with E-state index in [1.807, 2.05) is 0 Å². The molecule has 230 valence electrons. The molecule has 0 radical (unpaired) electrons. The summed E-state index contributed by atoms with van der Waals surface area (Å²) in [5, 5.41) is 4.22. The van der Waals surface area contributed by atoms with Crippen LogP contribution in [0.15, 0.2) is 30.4 Å². The lowest BCUT2D eigenvalue weighted by Gasteiger charge is -2.33. The highest BCUT2D eigenvalue weighted by molar-refractivity contribution is 7.18. The summed E-state index contributed by atoms with van der Waals surface area (Å²) in [6.45, 7) is 14.6. The molecule has 0 unspecified atom stereocenters. The number of likely N-dealkylation sites (N-methyl/N-ethyl adjacent to an activating group) is 1. The van der Waals surface area contributed by atoms with Crippen LogP contribution in [0.2, 0.25) is 0 Å². The molecule has 1 amide bonds. The van der Waals surface area contributed by atoms with Gasteiger partial charge >= 0.3 is 0 Å². The van der Waals surface area contributed by atoms with E-state index in [0.29, 0.717) is 43.2 Å². The highest BCUT2D eigenvalue weighted by Crippen LogP contribution is 2.31. The number of hydrogen-bond acceptors (Lipinski definition) is 7. The Morgan fingerprint density at radius 2 is 1.81 bits per heavy atom. The number of Topliss-reactive ketones (excluding diaryl/α,β-unsaturated/α-hetero) is 2. The summed E-state index contributed by atoms with van der Waals surface area (Å²) >= 11 is 1.62. The lowest BCUT2D eigenvalue weighted by Crippen LogP contribution is -2.46. The van der Waals surface area contributed by atoms with Crippen molar-refractivity contribution in [2.75, 3.05) is 39.8 Å². The number of hydrogen-bond donors (Lipinski definition) is 1. The molecule has 4 rings (SSSR count). The van der Waals surface area contributed by atoms with E-state index in [1.165, 1.54) is 12.0 Å². The first-order valence-electron chi connectivity index (χ1n) is 15.9. The summed E-state index contributed by atoms with van der Waals surface area (Å²) in [7, 11) is 2.12. The summed E-state index contributed by atoms with van der Waals surface area (Å²) < 4.78 is 1.12. The third kappa shape index (κ3) is 9.29. The topological polar surface area (TPSA) is 82.6 Å². The predicted molar refractivity (Wildman–Crippen MR) is 172 cm³/mol. The van der Waals surface area contributed by atoms with Gasteiger partial charge < -0.3 is 15.0 Å². The van der Waals surface area contributed by atoms with Crippen molar-refractivity contribution < 1.29 is 14.4 Å². The second kappa shape index (κ2) is 15.3. The van der Waals surface area contributed by atoms with Crippen molar-refractivity contribution >= 4 is 39.0 Å². The third-order valence-electron chi connectivity index (χ3n) is 9.08. The number of nitrogens with one attached hydrogen (secondary N) is 1. The van der Waals surface area contributed by atoms with Crippen molar-refractivity contribution in [3.05, 3.63) is 40.9 Å². The number of benzene rings is 1. The Kier molecular flexibility index (Phi) is 11.9. The molecule has 0 bridgehead atoms. The van der Waals surface area contributed by atoms with Gasteiger partial charge in [-0.15, -0.1) is 11.3 Å². The van der Waals surface area contributed by atoms with E-state index in [-0.39, 0.29) is 29.9 Å². The molecule has 2 aromatic rings.